The normalized spacial score (nSPS) is 11.3. The van der Waals surface area contributed by atoms with Crippen LogP contribution in [0, 0.1) is 11.8 Å². The monoisotopic (exact) mass is 527 g/mol. The maximum Gasteiger partial charge on any atom is 0.416 e. The predicted molar refractivity (Wildman–Crippen MR) is 120 cm³/mol. The minimum Gasteiger partial charge on any atom is -0.379 e. The zero-order valence-corrected chi connectivity index (χ0v) is 19.1. The van der Waals surface area contributed by atoms with Gasteiger partial charge in [-0.25, -0.2) is 0 Å². The van der Waals surface area contributed by atoms with Crippen LogP contribution in [-0.2, 0) is 15.7 Å². The summed E-state index contributed by atoms with van der Waals surface area (Å²) in [5.74, 6) is 6.03. The fourth-order valence-corrected chi connectivity index (χ4v) is 2.08. The molecule has 0 saturated heterocycles. The van der Waals surface area contributed by atoms with Gasteiger partial charge >= 0.3 is 6.18 Å². The Labute approximate surface area is 187 Å². The highest BCUT2D eigenvalue weighted by Gasteiger charge is 2.30. The van der Waals surface area contributed by atoms with Gasteiger partial charge in [-0.2, -0.15) is 13.2 Å². The maximum absolute atomic E-state index is 12.7. The first kappa shape index (κ1) is 27.5. The highest BCUT2D eigenvalue weighted by Crippen LogP contribution is 2.29. The fraction of sp³-hybridized carbons (Fsp3) is 0.550. The third-order valence-electron chi connectivity index (χ3n) is 3.54. The van der Waals surface area contributed by atoms with Crippen LogP contribution in [0.25, 0.3) is 0 Å². The van der Waals surface area contributed by atoms with Crippen molar-refractivity contribution in [3.8, 4) is 11.8 Å². The molecule has 0 saturated carbocycles. The molecular formula is C20H29F3IN3O2. The first-order chi connectivity index (χ1) is 13.5. The largest absolute Gasteiger partial charge is 0.416 e. The molecule has 29 heavy (non-hydrogen) atoms. The van der Waals surface area contributed by atoms with Crippen LogP contribution in [-0.4, -0.2) is 52.5 Å². The summed E-state index contributed by atoms with van der Waals surface area (Å²) in [5.41, 5.74) is -0.394. The number of guanidine groups is 1. The molecule has 1 aromatic rings. The molecule has 9 heteroatoms. The van der Waals surface area contributed by atoms with Crippen molar-refractivity contribution in [3.63, 3.8) is 0 Å². The fourth-order valence-electron chi connectivity index (χ4n) is 2.08. The van der Waals surface area contributed by atoms with Crippen LogP contribution in [0.3, 0.4) is 0 Å². The summed E-state index contributed by atoms with van der Waals surface area (Å²) in [7, 11) is 1.62. The number of alkyl halides is 3. The van der Waals surface area contributed by atoms with E-state index in [2.05, 4.69) is 34.4 Å². The van der Waals surface area contributed by atoms with Gasteiger partial charge in [0.15, 0.2) is 5.96 Å². The molecule has 0 amide bonds. The van der Waals surface area contributed by atoms with E-state index in [4.69, 9.17) is 9.47 Å². The summed E-state index contributed by atoms with van der Waals surface area (Å²) >= 11 is 0. The van der Waals surface area contributed by atoms with Crippen molar-refractivity contribution >= 4 is 29.9 Å². The summed E-state index contributed by atoms with van der Waals surface area (Å²) < 4.78 is 48.8. The van der Waals surface area contributed by atoms with Crippen LogP contribution in [0.15, 0.2) is 29.3 Å². The molecule has 0 radical (unpaired) electrons. The lowest BCUT2D eigenvalue weighted by Crippen LogP contribution is -2.39. The number of aliphatic imine (C=N–C) groups is 1. The quantitative estimate of drug-likeness (QED) is 0.160. The molecule has 0 unspecified atom stereocenters. The van der Waals surface area contributed by atoms with Crippen molar-refractivity contribution in [1.29, 1.82) is 0 Å². The van der Waals surface area contributed by atoms with Gasteiger partial charge in [0.2, 0.25) is 0 Å². The van der Waals surface area contributed by atoms with Gasteiger partial charge < -0.3 is 20.1 Å². The van der Waals surface area contributed by atoms with E-state index < -0.39 is 11.7 Å². The van der Waals surface area contributed by atoms with Crippen molar-refractivity contribution in [2.45, 2.75) is 25.9 Å². The Bertz CT molecular complexity index is 658. The Hall–Kier alpha value is -1.51. The van der Waals surface area contributed by atoms with Crippen LogP contribution < -0.4 is 10.6 Å². The van der Waals surface area contributed by atoms with E-state index in [0.717, 1.165) is 31.6 Å². The van der Waals surface area contributed by atoms with Crippen molar-refractivity contribution < 1.29 is 22.6 Å². The second-order valence-corrected chi connectivity index (χ2v) is 5.81. The van der Waals surface area contributed by atoms with Crippen molar-refractivity contribution in [3.05, 3.63) is 35.4 Å². The number of hydrogen-bond donors (Lipinski definition) is 2. The summed E-state index contributed by atoms with van der Waals surface area (Å²) in [6.07, 6.45) is -2.20. The molecule has 1 aromatic carbocycles. The zero-order valence-electron chi connectivity index (χ0n) is 16.8. The van der Waals surface area contributed by atoms with Crippen LogP contribution in [0.4, 0.5) is 13.2 Å². The number of nitrogens with one attached hydrogen (secondary N) is 2. The van der Waals surface area contributed by atoms with Gasteiger partial charge in [-0.05, 0) is 24.6 Å². The van der Waals surface area contributed by atoms with Gasteiger partial charge in [-0.15, -0.1) is 24.0 Å². The van der Waals surface area contributed by atoms with Gasteiger partial charge in [0.1, 0.15) is 0 Å². The smallest absolute Gasteiger partial charge is 0.379 e. The van der Waals surface area contributed by atoms with E-state index in [1.54, 1.807) is 13.1 Å². The molecule has 0 aliphatic rings. The Balaban J connectivity index is 0.00000784. The summed E-state index contributed by atoms with van der Waals surface area (Å²) in [6, 6.07) is 4.94. The standard InChI is InChI=1S/C20H28F3N3O2.HI/c1-3-4-12-27-14-15-28-13-11-26-19(24-2)25-10-6-8-17-7-5-9-18(16-17)20(21,22)23;/h5,7,9,16H,3-4,10-15H2,1-2H3,(H2,24,25,26);1H. The SMILES string of the molecule is CCCCOCCOCCNC(=NC)NCC#Cc1cccc(C(F)(F)F)c1.I. The van der Waals surface area contributed by atoms with Crippen molar-refractivity contribution in [2.75, 3.05) is 46.6 Å². The molecule has 5 nitrogen and oxygen atoms in total. The third-order valence-corrected chi connectivity index (χ3v) is 3.54. The van der Waals surface area contributed by atoms with E-state index in [9.17, 15) is 13.2 Å². The molecule has 0 aromatic heterocycles. The first-order valence-corrected chi connectivity index (χ1v) is 9.23. The molecule has 0 atom stereocenters. The number of hydrogen-bond acceptors (Lipinski definition) is 3. The van der Waals surface area contributed by atoms with Crippen molar-refractivity contribution in [1.82, 2.24) is 10.6 Å². The lowest BCUT2D eigenvalue weighted by molar-refractivity contribution is -0.137. The molecule has 1 rings (SSSR count). The number of ether oxygens (including phenoxy) is 2. The average Bonchev–Trinajstić information content (AvgIpc) is 2.68. The van der Waals surface area contributed by atoms with Crippen LogP contribution >= 0.6 is 24.0 Å². The van der Waals surface area contributed by atoms with Gasteiger partial charge in [0.05, 0.1) is 31.9 Å². The van der Waals surface area contributed by atoms with E-state index in [1.807, 2.05) is 0 Å². The van der Waals surface area contributed by atoms with Gasteiger partial charge in [-0.1, -0.05) is 31.3 Å². The predicted octanol–water partition coefficient (Wildman–Crippen LogP) is 3.67. The Morgan fingerprint density at radius 2 is 1.83 bits per heavy atom. The summed E-state index contributed by atoms with van der Waals surface area (Å²) in [5, 5.41) is 6.04. The first-order valence-electron chi connectivity index (χ1n) is 9.23. The highest BCUT2D eigenvalue weighted by molar-refractivity contribution is 14.0. The number of rotatable bonds is 10. The maximum atomic E-state index is 12.7. The van der Waals surface area contributed by atoms with Crippen LogP contribution in [0.5, 0.6) is 0 Å². The molecule has 0 spiro atoms. The van der Waals surface area contributed by atoms with Gasteiger partial charge in [0.25, 0.3) is 0 Å². The number of halogens is 4. The highest BCUT2D eigenvalue weighted by atomic mass is 127. The number of nitrogens with zero attached hydrogens (tertiary/aromatic N) is 1. The Morgan fingerprint density at radius 1 is 1.10 bits per heavy atom. The number of unbranched alkanes of at least 4 members (excludes halogenated alkanes) is 1. The minimum atomic E-state index is -4.37. The zero-order chi connectivity index (χ0) is 20.7. The third kappa shape index (κ3) is 13.4. The molecule has 2 N–H and O–H groups in total. The summed E-state index contributed by atoms with van der Waals surface area (Å²) in [4.78, 5) is 4.04. The molecule has 0 aliphatic heterocycles. The van der Waals surface area contributed by atoms with Crippen LogP contribution in [0.1, 0.15) is 30.9 Å². The Kier molecular flexibility index (Phi) is 15.5. The van der Waals surface area contributed by atoms with Crippen molar-refractivity contribution in [2.24, 2.45) is 4.99 Å². The average molecular weight is 527 g/mol. The molecule has 0 heterocycles. The summed E-state index contributed by atoms with van der Waals surface area (Å²) in [6.45, 7) is 5.32. The molecular weight excluding hydrogens is 498 g/mol. The van der Waals surface area contributed by atoms with Crippen LogP contribution in [0.2, 0.25) is 0 Å². The minimum absolute atomic E-state index is 0. The Morgan fingerprint density at radius 3 is 2.48 bits per heavy atom. The number of benzene rings is 1. The molecule has 0 bridgehead atoms. The second kappa shape index (κ2) is 16.3. The molecule has 0 fully saturated rings. The molecule has 164 valence electrons. The lowest BCUT2D eigenvalue weighted by Gasteiger charge is -2.10. The topological polar surface area (TPSA) is 54.9 Å². The van der Waals surface area contributed by atoms with E-state index in [-0.39, 0.29) is 30.5 Å². The van der Waals surface area contributed by atoms with Gasteiger partial charge in [-0.3, -0.25) is 4.99 Å². The molecule has 0 aliphatic carbocycles. The van der Waals surface area contributed by atoms with E-state index in [1.165, 1.54) is 6.07 Å². The second-order valence-electron chi connectivity index (χ2n) is 5.81. The van der Waals surface area contributed by atoms with E-state index in [0.29, 0.717) is 37.9 Å². The van der Waals surface area contributed by atoms with E-state index >= 15 is 0 Å². The van der Waals surface area contributed by atoms with Gasteiger partial charge in [0, 0.05) is 25.8 Å². The lowest BCUT2D eigenvalue weighted by atomic mass is 10.1.